The third-order valence-corrected chi connectivity index (χ3v) is 7.72. The molecule has 1 saturated carbocycles. The number of nitrogens with one attached hydrogen (secondary N) is 1. The fourth-order valence-electron chi connectivity index (χ4n) is 4.99. The first-order chi connectivity index (χ1) is 15.1. The van der Waals surface area contributed by atoms with E-state index in [0.29, 0.717) is 24.0 Å². The molecule has 1 aliphatic heterocycles. The molecule has 7 heteroatoms. The van der Waals surface area contributed by atoms with Gasteiger partial charge in [-0.15, -0.1) is 11.3 Å². The fraction of sp³-hybridized carbons (Fsp3) is 0.583. The lowest BCUT2D eigenvalue weighted by Crippen LogP contribution is -2.48. The maximum Gasteiger partial charge on any atom is 0.239 e. The predicted molar refractivity (Wildman–Crippen MR) is 125 cm³/mol. The van der Waals surface area contributed by atoms with Gasteiger partial charge in [-0.1, -0.05) is 25.3 Å². The van der Waals surface area contributed by atoms with Crippen molar-refractivity contribution in [3.63, 3.8) is 0 Å². The van der Waals surface area contributed by atoms with Crippen molar-refractivity contribution in [3.05, 3.63) is 39.2 Å². The van der Waals surface area contributed by atoms with Crippen molar-refractivity contribution < 1.29 is 4.79 Å². The Kier molecular flexibility index (Phi) is 7.11. The number of piperazine rings is 1. The molecule has 0 spiro atoms. The zero-order chi connectivity index (χ0) is 21.8. The first-order valence-electron chi connectivity index (χ1n) is 11.4. The van der Waals surface area contributed by atoms with Crippen LogP contribution in [0.3, 0.4) is 0 Å². The molecular formula is C24H33N5OS. The highest BCUT2D eigenvalue weighted by atomic mass is 32.1. The summed E-state index contributed by atoms with van der Waals surface area (Å²) in [6.07, 6.45) is 5.95. The van der Waals surface area contributed by atoms with E-state index in [4.69, 9.17) is 0 Å². The molecule has 1 amide bonds. The number of amides is 1. The standard InChI is InChI=1S/C24H33N5OS/c1-18-19(2)29(20-7-4-3-5-8-20)24(22(18)15-25)26-23(30)17-28-12-10-27(11-13-28)16-21-9-6-14-31-21/h6,9,14,20H,3-5,7-8,10-13,16-17H2,1-2H3,(H,26,30). The first-order valence-corrected chi connectivity index (χ1v) is 12.3. The molecule has 0 unspecified atom stereocenters. The molecule has 3 heterocycles. The summed E-state index contributed by atoms with van der Waals surface area (Å²) < 4.78 is 2.24. The molecular weight excluding hydrogens is 406 g/mol. The van der Waals surface area contributed by atoms with Crippen molar-refractivity contribution in [2.75, 3.05) is 38.0 Å². The van der Waals surface area contributed by atoms with Crippen molar-refractivity contribution in [2.24, 2.45) is 0 Å². The van der Waals surface area contributed by atoms with Gasteiger partial charge in [0.1, 0.15) is 11.9 Å². The molecule has 0 bridgehead atoms. The van der Waals surface area contributed by atoms with Gasteiger partial charge in [0.05, 0.1) is 12.1 Å². The Hall–Kier alpha value is -2.14. The van der Waals surface area contributed by atoms with E-state index in [2.05, 4.69) is 50.2 Å². The van der Waals surface area contributed by atoms with Gasteiger partial charge < -0.3 is 9.88 Å². The van der Waals surface area contributed by atoms with Gasteiger partial charge in [-0.25, -0.2) is 0 Å². The van der Waals surface area contributed by atoms with Crippen LogP contribution in [0.1, 0.15) is 59.8 Å². The molecule has 2 aromatic heterocycles. The van der Waals surface area contributed by atoms with Crippen molar-refractivity contribution in [3.8, 4) is 6.07 Å². The molecule has 2 aromatic rings. The van der Waals surface area contributed by atoms with Crippen molar-refractivity contribution in [1.29, 1.82) is 5.26 Å². The Bertz CT molecular complexity index is 928. The van der Waals surface area contributed by atoms with E-state index in [1.165, 1.54) is 24.1 Å². The van der Waals surface area contributed by atoms with E-state index in [1.807, 2.05) is 6.92 Å². The van der Waals surface area contributed by atoms with Crippen LogP contribution in [0.15, 0.2) is 17.5 Å². The first kappa shape index (κ1) is 22.1. The number of thiophene rings is 1. The summed E-state index contributed by atoms with van der Waals surface area (Å²) in [5.74, 6) is 0.698. The number of nitrogens with zero attached hydrogens (tertiary/aromatic N) is 4. The minimum atomic E-state index is -0.0160. The topological polar surface area (TPSA) is 64.3 Å². The summed E-state index contributed by atoms with van der Waals surface area (Å²) in [6.45, 7) is 9.19. The lowest BCUT2D eigenvalue weighted by atomic mass is 9.95. The second-order valence-corrected chi connectivity index (χ2v) is 9.92. The quantitative estimate of drug-likeness (QED) is 0.729. The summed E-state index contributed by atoms with van der Waals surface area (Å²) in [6, 6.07) is 7.01. The number of hydrogen-bond acceptors (Lipinski definition) is 5. The van der Waals surface area contributed by atoms with Crippen LogP contribution in [0.2, 0.25) is 0 Å². The van der Waals surface area contributed by atoms with Crippen LogP contribution in [0.5, 0.6) is 0 Å². The second kappa shape index (κ2) is 9.99. The number of anilines is 1. The number of aromatic nitrogens is 1. The number of carbonyl (C=O) groups is 1. The monoisotopic (exact) mass is 439 g/mol. The van der Waals surface area contributed by atoms with Gasteiger partial charge in [-0.3, -0.25) is 14.6 Å². The Balaban J connectivity index is 1.38. The van der Waals surface area contributed by atoms with Crippen LogP contribution in [0.25, 0.3) is 0 Å². The Morgan fingerprint density at radius 2 is 1.87 bits per heavy atom. The number of rotatable bonds is 6. The minimum Gasteiger partial charge on any atom is -0.327 e. The summed E-state index contributed by atoms with van der Waals surface area (Å²) in [5.41, 5.74) is 2.73. The molecule has 166 valence electrons. The van der Waals surface area contributed by atoms with Gasteiger partial charge in [-0.05, 0) is 43.7 Å². The molecule has 1 saturated heterocycles. The zero-order valence-electron chi connectivity index (χ0n) is 18.7. The molecule has 31 heavy (non-hydrogen) atoms. The molecule has 2 aliphatic rings. The van der Waals surface area contributed by atoms with Crippen LogP contribution in [-0.2, 0) is 11.3 Å². The summed E-state index contributed by atoms with van der Waals surface area (Å²) in [5, 5.41) is 15.0. The molecule has 0 atom stereocenters. The third kappa shape index (κ3) is 5.03. The van der Waals surface area contributed by atoms with Gasteiger partial charge >= 0.3 is 0 Å². The highest BCUT2D eigenvalue weighted by Gasteiger charge is 2.27. The van der Waals surface area contributed by atoms with E-state index >= 15 is 0 Å². The number of hydrogen-bond donors (Lipinski definition) is 1. The van der Waals surface area contributed by atoms with E-state index in [0.717, 1.165) is 56.8 Å². The molecule has 4 rings (SSSR count). The highest BCUT2D eigenvalue weighted by molar-refractivity contribution is 7.09. The number of nitriles is 1. The van der Waals surface area contributed by atoms with Crippen molar-refractivity contribution >= 4 is 23.1 Å². The molecule has 6 nitrogen and oxygen atoms in total. The van der Waals surface area contributed by atoms with Gasteiger partial charge in [0.2, 0.25) is 5.91 Å². The molecule has 2 fully saturated rings. The normalized spacial score (nSPS) is 18.7. The average molecular weight is 440 g/mol. The Morgan fingerprint density at radius 3 is 2.52 bits per heavy atom. The van der Waals surface area contributed by atoms with E-state index in [9.17, 15) is 10.1 Å². The van der Waals surface area contributed by atoms with Crippen LogP contribution in [0, 0.1) is 25.2 Å². The molecule has 1 aliphatic carbocycles. The Morgan fingerprint density at radius 1 is 1.16 bits per heavy atom. The fourth-order valence-corrected chi connectivity index (χ4v) is 5.73. The SMILES string of the molecule is Cc1c(C#N)c(NC(=O)CN2CCN(Cc3cccs3)CC2)n(C2CCCCC2)c1C. The van der Waals surface area contributed by atoms with Crippen LogP contribution < -0.4 is 5.32 Å². The van der Waals surface area contributed by atoms with Crippen molar-refractivity contribution in [2.45, 2.75) is 58.5 Å². The van der Waals surface area contributed by atoms with Gasteiger partial charge in [0.15, 0.2) is 0 Å². The Labute approximate surface area is 189 Å². The summed E-state index contributed by atoms with van der Waals surface area (Å²) >= 11 is 1.80. The molecule has 0 radical (unpaired) electrons. The average Bonchev–Trinajstić information content (AvgIpc) is 3.36. The summed E-state index contributed by atoms with van der Waals surface area (Å²) in [4.78, 5) is 19.0. The number of carbonyl (C=O) groups excluding carboxylic acids is 1. The largest absolute Gasteiger partial charge is 0.327 e. The minimum absolute atomic E-state index is 0.0160. The van der Waals surface area contributed by atoms with E-state index in [1.54, 1.807) is 11.3 Å². The predicted octanol–water partition coefficient (Wildman–Crippen LogP) is 4.30. The zero-order valence-corrected chi connectivity index (χ0v) is 19.5. The van der Waals surface area contributed by atoms with E-state index < -0.39 is 0 Å². The maximum absolute atomic E-state index is 13.0. The van der Waals surface area contributed by atoms with Crippen LogP contribution in [0.4, 0.5) is 5.82 Å². The smallest absolute Gasteiger partial charge is 0.239 e. The molecule has 0 aromatic carbocycles. The lowest BCUT2D eigenvalue weighted by Gasteiger charge is -2.34. The highest BCUT2D eigenvalue weighted by Crippen LogP contribution is 2.36. The van der Waals surface area contributed by atoms with Crippen LogP contribution in [-0.4, -0.2) is 53.0 Å². The lowest BCUT2D eigenvalue weighted by molar-refractivity contribution is -0.117. The van der Waals surface area contributed by atoms with Gasteiger partial charge in [0.25, 0.3) is 0 Å². The van der Waals surface area contributed by atoms with Gasteiger partial charge in [-0.2, -0.15) is 5.26 Å². The van der Waals surface area contributed by atoms with Crippen molar-refractivity contribution in [1.82, 2.24) is 14.4 Å². The van der Waals surface area contributed by atoms with E-state index in [-0.39, 0.29) is 5.91 Å². The second-order valence-electron chi connectivity index (χ2n) is 8.89. The van der Waals surface area contributed by atoms with Gasteiger partial charge in [0, 0.05) is 49.3 Å². The van der Waals surface area contributed by atoms with Crippen LogP contribution >= 0.6 is 11.3 Å². The molecule has 1 N–H and O–H groups in total. The maximum atomic E-state index is 13.0. The third-order valence-electron chi connectivity index (χ3n) is 6.86. The summed E-state index contributed by atoms with van der Waals surface area (Å²) in [7, 11) is 0.